The van der Waals surface area contributed by atoms with Crippen LogP contribution >= 0.6 is 0 Å². The number of para-hydroxylation sites is 1. The maximum Gasteiger partial charge on any atom is 0.244 e. The van der Waals surface area contributed by atoms with E-state index in [0.29, 0.717) is 6.42 Å². The van der Waals surface area contributed by atoms with Gasteiger partial charge in [-0.3, -0.25) is 13.9 Å². The van der Waals surface area contributed by atoms with Gasteiger partial charge in [-0.1, -0.05) is 79.7 Å². The fraction of sp³-hybridized carbons (Fsp3) is 0.310. The van der Waals surface area contributed by atoms with Crippen LogP contribution in [0.25, 0.3) is 0 Å². The molecule has 0 saturated carbocycles. The fourth-order valence-electron chi connectivity index (χ4n) is 4.02. The number of rotatable bonds is 12. The topological polar surface area (TPSA) is 86.8 Å². The van der Waals surface area contributed by atoms with Gasteiger partial charge in [0.2, 0.25) is 21.8 Å². The Kier molecular flexibility index (Phi) is 10.0. The van der Waals surface area contributed by atoms with Crippen LogP contribution in [0.3, 0.4) is 0 Å². The molecular weight excluding hydrogens is 505 g/mol. The summed E-state index contributed by atoms with van der Waals surface area (Å²) < 4.78 is 40.8. The molecule has 0 aliphatic carbocycles. The average Bonchev–Trinajstić information content (AvgIpc) is 2.90. The molecule has 0 bridgehead atoms. The van der Waals surface area contributed by atoms with Gasteiger partial charge in [0.1, 0.15) is 18.4 Å². The number of hydrogen-bond donors (Lipinski definition) is 1. The van der Waals surface area contributed by atoms with E-state index in [-0.39, 0.29) is 30.6 Å². The van der Waals surface area contributed by atoms with Gasteiger partial charge in [0, 0.05) is 19.0 Å². The lowest BCUT2D eigenvalue weighted by atomic mass is 10.0. The van der Waals surface area contributed by atoms with E-state index in [0.717, 1.165) is 27.8 Å². The molecule has 7 nitrogen and oxygen atoms in total. The lowest BCUT2D eigenvalue weighted by Crippen LogP contribution is -2.54. The molecule has 0 unspecified atom stereocenters. The summed E-state index contributed by atoms with van der Waals surface area (Å²) in [7, 11) is -4.02. The van der Waals surface area contributed by atoms with Crippen molar-refractivity contribution in [2.45, 2.75) is 45.3 Å². The first-order valence-corrected chi connectivity index (χ1v) is 14.3. The first-order chi connectivity index (χ1) is 18.1. The average molecular weight is 540 g/mol. The molecule has 0 aromatic heterocycles. The van der Waals surface area contributed by atoms with Crippen molar-refractivity contribution in [1.29, 1.82) is 0 Å². The maximum atomic E-state index is 14.6. The number of nitrogens with zero attached hydrogens (tertiary/aromatic N) is 2. The van der Waals surface area contributed by atoms with Crippen molar-refractivity contribution in [3.05, 3.63) is 102 Å². The van der Waals surface area contributed by atoms with Crippen molar-refractivity contribution in [3.8, 4) is 0 Å². The summed E-state index contributed by atoms with van der Waals surface area (Å²) in [6.45, 7) is 3.24. The highest BCUT2D eigenvalue weighted by molar-refractivity contribution is 7.92. The molecule has 1 N–H and O–H groups in total. The zero-order chi connectivity index (χ0) is 27.7. The van der Waals surface area contributed by atoms with E-state index in [1.54, 1.807) is 0 Å². The minimum Gasteiger partial charge on any atom is -0.352 e. The fourth-order valence-corrected chi connectivity index (χ4v) is 4.87. The summed E-state index contributed by atoms with van der Waals surface area (Å²) in [5.41, 5.74) is 1.38. The summed E-state index contributed by atoms with van der Waals surface area (Å²) in [5, 5.41) is 2.97. The van der Waals surface area contributed by atoms with E-state index < -0.39 is 34.3 Å². The number of nitrogens with one attached hydrogen (secondary N) is 1. The van der Waals surface area contributed by atoms with Crippen molar-refractivity contribution >= 4 is 27.5 Å². The molecule has 0 radical (unpaired) electrons. The van der Waals surface area contributed by atoms with E-state index in [1.807, 2.05) is 74.5 Å². The molecule has 0 fully saturated rings. The molecule has 3 aromatic carbocycles. The van der Waals surface area contributed by atoms with Crippen LogP contribution in [0.4, 0.5) is 10.1 Å². The zero-order valence-electron chi connectivity index (χ0n) is 21.9. The van der Waals surface area contributed by atoms with Crippen LogP contribution in [0.1, 0.15) is 31.4 Å². The second kappa shape index (κ2) is 13.2. The van der Waals surface area contributed by atoms with E-state index in [1.165, 1.54) is 23.1 Å². The Balaban J connectivity index is 2.05. The van der Waals surface area contributed by atoms with E-state index in [9.17, 15) is 22.4 Å². The molecule has 38 heavy (non-hydrogen) atoms. The number of amides is 2. The predicted octanol–water partition coefficient (Wildman–Crippen LogP) is 4.15. The quantitative estimate of drug-likeness (QED) is 0.375. The molecule has 202 valence electrons. The largest absolute Gasteiger partial charge is 0.352 e. The van der Waals surface area contributed by atoms with E-state index in [4.69, 9.17) is 0 Å². The van der Waals surface area contributed by atoms with Crippen LogP contribution in [-0.2, 0) is 32.6 Å². The van der Waals surface area contributed by atoms with Crippen LogP contribution < -0.4 is 9.62 Å². The van der Waals surface area contributed by atoms with Crippen molar-refractivity contribution in [1.82, 2.24) is 10.2 Å². The van der Waals surface area contributed by atoms with Crippen LogP contribution in [0.5, 0.6) is 0 Å². The van der Waals surface area contributed by atoms with Crippen molar-refractivity contribution in [2.75, 3.05) is 17.1 Å². The summed E-state index contributed by atoms with van der Waals surface area (Å²) in [4.78, 5) is 28.8. The molecule has 0 aliphatic rings. The molecule has 0 heterocycles. The second-order valence-corrected chi connectivity index (χ2v) is 11.2. The Labute approximate surface area is 224 Å². The van der Waals surface area contributed by atoms with E-state index in [2.05, 4.69) is 5.32 Å². The highest BCUT2D eigenvalue weighted by Gasteiger charge is 2.33. The molecule has 2 amide bonds. The van der Waals surface area contributed by atoms with Crippen LogP contribution in [0.2, 0.25) is 0 Å². The Bertz CT molecular complexity index is 1320. The normalized spacial score (nSPS) is 12.8. The summed E-state index contributed by atoms with van der Waals surface area (Å²) in [6, 6.07) is 22.8. The van der Waals surface area contributed by atoms with Crippen LogP contribution in [-0.4, -0.2) is 50.0 Å². The Hall–Kier alpha value is -3.72. The minimum absolute atomic E-state index is 0.0694. The third kappa shape index (κ3) is 7.89. The number of carbonyl (C=O) groups is 2. The van der Waals surface area contributed by atoms with E-state index >= 15 is 0 Å². The molecule has 3 rings (SSSR count). The molecule has 0 aliphatic heterocycles. The molecule has 9 heteroatoms. The maximum absolute atomic E-state index is 14.6. The first kappa shape index (κ1) is 28.8. The number of anilines is 1. The molecule has 3 aromatic rings. The standard InChI is InChI=1S/C29H34FN3O4S/c1-4-22(2)31-29(35)27(19-23-13-7-5-8-14-23)32(20-24-15-9-6-10-16-24)28(34)21-33(38(3,36)37)26-18-12-11-17-25(26)30/h5-18,22,27H,4,19-21H2,1-3H3,(H,31,35)/t22-,27-/m1/s1. The van der Waals surface area contributed by atoms with Gasteiger partial charge >= 0.3 is 0 Å². The van der Waals surface area contributed by atoms with Crippen LogP contribution in [0.15, 0.2) is 84.9 Å². The molecular formula is C29H34FN3O4S. The van der Waals surface area contributed by atoms with Crippen molar-refractivity contribution in [3.63, 3.8) is 0 Å². The van der Waals surface area contributed by atoms with Gasteiger partial charge in [0.25, 0.3) is 0 Å². The Morgan fingerprint density at radius 1 is 0.895 bits per heavy atom. The van der Waals surface area contributed by atoms with Crippen LogP contribution in [0, 0.1) is 5.82 Å². The highest BCUT2D eigenvalue weighted by atomic mass is 32.2. The molecule has 0 spiro atoms. The minimum atomic E-state index is -4.02. The summed E-state index contributed by atoms with van der Waals surface area (Å²) in [5.74, 6) is -1.73. The van der Waals surface area contributed by atoms with Gasteiger partial charge in [-0.15, -0.1) is 0 Å². The highest BCUT2D eigenvalue weighted by Crippen LogP contribution is 2.23. The summed E-state index contributed by atoms with van der Waals surface area (Å²) >= 11 is 0. The smallest absolute Gasteiger partial charge is 0.244 e. The third-order valence-electron chi connectivity index (χ3n) is 6.27. The lowest BCUT2D eigenvalue weighted by molar-refractivity contribution is -0.140. The first-order valence-electron chi connectivity index (χ1n) is 12.5. The SMILES string of the molecule is CC[C@@H](C)NC(=O)[C@@H](Cc1ccccc1)N(Cc1ccccc1)C(=O)CN(c1ccccc1F)S(C)(=O)=O. The molecule has 0 saturated heterocycles. The van der Waals surface area contributed by atoms with Crippen molar-refractivity contribution in [2.24, 2.45) is 0 Å². The predicted molar refractivity (Wildman–Crippen MR) is 147 cm³/mol. The van der Waals surface area contributed by atoms with Gasteiger partial charge in [-0.2, -0.15) is 0 Å². The monoisotopic (exact) mass is 539 g/mol. The van der Waals surface area contributed by atoms with Gasteiger partial charge < -0.3 is 10.2 Å². The second-order valence-electron chi connectivity index (χ2n) is 9.25. The van der Waals surface area contributed by atoms with Gasteiger partial charge in [0.05, 0.1) is 11.9 Å². The number of hydrogen-bond acceptors (Lipinski definition) is 4. The number of benzene rings is 3. The summed E-state index contributed by atoms with van der Waals surface area (Å²) in [6.07, 6.45) is 1.84. The van der Waals surface area contributed by atoms with Gasteiger partial charge in [-0.25, -0.2) is 12.8 Å². The van der Waals surface area contributed by atoms with Gasteiger partial charge in [0.15, 0.2) is 0 Å². The molecule has 2 atom stereocenters. The van der Waals surface area contributed by atoms with Gasteiger partial charge in [-0.05, 0) is 36.6 Å². The number of halogens is 1. The number of sulfonamides is 1. The Morgan fingerprint density at radius 3 is 2.00 bits per heavy atom. The lowest BCUT2D eigenvalue weighted by Gasteiger charge is -2.34. The Morgan fingerprint density at radius 2 is 1.45 bits per heavy atom. The third-order valence-corrected chi connectivity index (χ3v) is 7.39. The zero-order valence-corrected chi connectivity index (χ0v) is 22.7. The van der Waals surface area contributed by atoms with Crippen molar-refractivity contribution < 1.29 is 22.4 Å². The number of carbonyl (C=O) groups excluding carboxylic acids is 2.